The summed E-state index contributed by atoms with van der Waals surface area (Å²) in [5, 5.41) is 3.94. The van der Waals surface area contributed by atoms with E-state index in [1.807, 2.05) is 32.0 Å². The number of carbonyl (C=O) groups excluding carboxylic acids is 2. The first-order chi connectivity index (χ1) is 11.5. The summed E-state index contributed by atoms with van der Waals surface area (Å²) < 4.78 is 5.05. The molecule has 0 saturated heterocycles. The SMILES string of the molecule is CC(C)OC(=O)CCNC(=O)c1ccc2[nH]c3c(c2c1)CCCC3. The number of nitrogens with one attached hydrogen (secondary N) is 2. The van der Waals surface area contributed by atoms with Crippen molar-refractivity contribution in [3.05, 3.63) is 35.0 Å². The van der Waals surface area contributed by atoms with E-state index >= 15 is 0 Å². The van der Waals surface area contributed by atoms with Gasteiger partial charge in [-0.3, -0.25) is 9.59 Å². The molecule has 0 unspecified atom stereocenters. The molecular formula is C19H24N2O3. The number of hydrogen-bond acceptors (Lipinski definition) is 3. The molecule has 24 heavy (non-hydrogen) atoms. The van der Waals surface area contributed by atoms with Gasteiger partial charge in [0, 0.05) is 28.7 Å². The quantitative estimate of drug-likeness (QED) is 0.829. The fourth-order valence-electron chi connectivity index (χ4n) is 3.25. The number of hydrogen-bond donors (Lipinski definition) is 2. The van der Waals surface area contributed by atoms with Crippen molar-refractivity contribution < 1.29 is 14.3 Å². The van der Waals surface area contributed by atoms with Crippen LogP contribution < -0.4 is 5.32 Å². The molecule has 5 heteroatoms. The van der Waals surface area contributed by atoms with Crippen LogP contribution in [0.15, 0.2) is 18.2 Å². The summed E-state index contributed by atoms with van der Waals surface area (Å²) in [6, 6.07) is 5.75. The number of rotatable bonds is 5. The molecule has 0 aliphatic heterocycles. The van der Waals surface area contributed by atoms with Crippen molar-refractivity contribution in [2.24, 2.45) is 0 Å². The van der Waals surface area contributed by atoms with Crippen LogP contribution in [0.4, 0.5) is 0 Å². The smallest absolute Gasteiger partial charge is 0.307 e. The molecule has 0 bridgehead atoms. The molecule has 5 nitrogen and oxygen atoms in total. The third-order valence-electron chi connectivity index (χ3n) is 4.34. The predicted molar refractivity (Wildman–Crippen MR) is 93.1 cm³/mol. The monoisotopic (exact) mass is 328 g/mol. The number of H-pyrrole nitrogens is 1. The molecular weight excluding hydrogens is 304 g/mol. The summed E-state index contributed by atoms with van der Waals surface area (Å²) >= 11 is 0. The normalized spacial score (nSPS) is 13.8. The van der Waals surface area contributed by atoms with E-state index in [2.05, 4.69) is 10.3 Å². The minimum Gasteiger partial charge on any atom is -0.463 e. The molecule has 0 atom stereocenters. The Balaban J connectivity index is 1.66. The number of ether oxygens (including phenoxy) is 1. The van der Waals surface area contributed by atoms with Gasteiger partial charge >= 0.3 is 5.97 Å². The van der Waals surface area contributed by atoms with Crippen LogP contribution >= 0.6 is 0 Å². The molecule has 1 aliphatic carbocycles. The summed E-state index contributed by atoms with van der Waals surface area (Å²) in [5.74, 6) is -0.444. The number of esters is 1. The molecule has 2 aromatic rings. The minimum absolute atomic E-state index is 0.129. The van der Waals surface area contributed by atoms with E-state index in [1.54, 1.807) is 0 Å². The average Bonchev–Trinajstić information content (AvgIpc) is 2.91. The van der Waals surface area contributed by atoms with E-state index in [0.29, 0.717) is 5.56 Å². The first kappa shape index (κ1) is 16.6. The Morgan fingerprint density at radius 2 is 2.04 bits per heavy atom. The Morgan fingerprint density at radius 1 is 1.25 bits per heavy atom. The summed E-state index contributed by atoms with van der Waals surface area (Å²) in [7, 11) is 0. The van der Waals surface area contributed by atoms with E-state index < -0.39 is 0 Å². The number of fused-ring (bicyclic) bond motifs is 3. The largest absolute Gasteiger partial charge is 0.463 e. The van der Waals surface area contributed by atoms with Crippen molar-refractivity contribution in [1.82, 2.24) is 10.3 Å². The number of aromatic nitrogens is 1. The standard InChI is InChI=1S/C19H24N2O3/c1-12(2)24-18(22)9-10-20-19(23)13-7-8-17-15(11-13)14-5-3-4-6-16(14)21-17/h7-8,11-12,21H,3-6,9-10H2,1-2H3,(H,20,23). The van der Waals surface area contributed by atoms with Crippen LogP contribution in [0.1, 0.15) is 54.7 Å². The average molecular weight is 328 g/mol. The Labute approximate surface area is 141 Å². The van der Waals surface area contributed by atoms with E-state index in [9.17, 15) is 9.59 Å². The summed E-state index contributed by atoms with van der Waals surface area (Å²) in [6.45, 7) is 3.90. The number of carbonyl (C=O) groups is 2. The lowest BCUT2D eigenvalue weighted by atomic mass is 9.95. The second kappa shape index (κ2) is 7.07. The number of amides is 1. The Bertz CT molecular complexity index is 761. The maximum absolute atomic E-state index is 12.3. The van der Waals surface area contributed by atoms with Crippen molar-refractivity contribution in [3.63, 3.8) is 0 Å². The maximum Gasteiger partial charge on any atom is 0.307 e. The van der Waals surface area contributed by atoms with Gasteiger partial charge in [-0.15, -0.1) is 0 Å². The Hall–Kier alpha value is -2.30. The molecule has 1 aliphatic rings. The molecule has 1 aromatic carbocycles. The van der Waals surface area contributed by atoms with Crippen LogP contribution in [0, 0.1) is 0 Å². The fourth-order valence-corrected chi connectivity index (χ4v) is 3.25. The number of aryl methyl sites for hydroxylation is 2. The Kier molecular flexibility index (Phi) is 4.88. The van der Waals surface area contributed by atoms with Crippen LogP contribution in [0.25, 0.3) is 10.9 Å². The topological polar surface area (TPSA) is 71.2 Å². The number of aromatic amines is 1. The van der Waals surface area contributed by atoms with Crippen LogP contribution in [0.2, 0.25) is 0 Å². The molecule has 2 N–H and O–H groups in total. The third-order valence-corrected chi connectivity index (χ3v) is 4.34. The van der Waals surface area contributed by atoms with E-state index in [4.69, 9.17) is 4.74 Å². The van der Waals surface area contributed by atoms with Crippen LogP contribution in [-0.2, 0) is 22.4 Å². The summed E-state index contributed by atoms with van der Waals surface area (Å²) in [6.07, 6.45) is 4.64. The van der Waals surface area contributed by atoms with Gasteiger partial charge in [-0.25, -0.2) is 0 Å². The van der Waals surface area contributed by atoms with Gasteiger partial charge in [0.25, 0.3) is 5.91 Å². The molecule has 0 saturated carbocycles. The zero-order chi connectivity index (χ0) is 17.1. The zero-order valence-electron chi connectivity index (χ0n) is 14.3. The highest BCUT2D eigenvalue weighted by atomic mass is 16.5. The molecule has 128 valence electrons. The predicted octanol–water partition coefficient (Wildman–Crippen LogP) is 3.12. The maximum atomic E-state index is 12.3. The molecule has 0 radical (unpaired) electrons. The zero-order valence-corrected chi connectivity index (χ0v) is 14.3. The van der Waals surface area contributed by atoms with Gasteiger partial charge in [-0.2, -0.15) is 0 Å². The molecule has 1 heterocycles. The first-order valence-corrected chi connectivity index (χ1v) is 8.66. The van der Waals surface area contributed by atoms with Crippen LogP contribution in [0.3, 0.4) is 0 Å². The number of benzene rings is 1. The summed E-state index contributed by atoms with van der Waals surface area (Å²) in [4.78, 5) is 27.3. The second-order valence-corrected chi connectivity index (χ2v) is 6.59. The lowest BCUT2D eigenvalue weighted by molar-refractivity contribution is -0.147. The molecule has 0 spiro atoms. The van der Waals surface area contributed by atoms with E-state index in [-0.39, 0.29) is 30.9 Å². The van der Waals surface area contributed by atoms with Crippen molar-refractivity contribution in [3.8, 4) is 0 Å². The highest BCUT2D eigenvalue weighted by molar-refractivity contribution is 5.99. The summed E-state index contributed by atoms with van der Waals surface area (Å²) in [5.41, 5.74) is 4.39. The Morgan fingerprint density at radius 3 is 2.83 bits per heavy atom. The van der Waals surface area contributed by atoms with E-state index in [0.717, 1.165) is 23.7 Å². The molecule has 1 aromatic heterocycles. The van der Waals surface area contributed by atoms with Gasteiger partial charge in [-0.1, -0.05) is 0 Å². The van der Waals surface area contributed by atoms with Gasteiger partial charge in [0.15, 0.2) is 0 Å². The molecule has 3 rings (SSSR count). The van der Waals surface area contributed by atoms with E-state index in [1.165, 1.54) is 24.1 Å². The van der Waals surface area contributed by atoms with Crippen molar-refractivity contribution in [2.75, 3.05) is 6.54 Å². The van der Waals surface area contributed by atoms with Gasteiger partial charge < -0.3 is 15.0 Å². The van der Waals surface area contributed by atoms with Crippen LogP contribution in [-0.4, -0.2) is 29.5 Å². The second-order valence-electron chi connectivity index (χ2n) is 6.59. The van der Waals surface area contributed by atoms with Crippen LogP contribution in [0.5, 0.6) is 0 Å². The first-order valence-electron chi connectivity index (χ1n) is 8.66. The highest BCUT2D eigenvalue weighted by Crippen LogP contribution is 2.29. The van der Waals surface area contributed by atoms with Gasteiger partial charge in [0.05, 0.1) is 12.5 Å². The lowest BCUT2D eigenvalue weighted by Gasteiger charge is -2.11. The third kappa shape index (κ3) is 3.61. The van der Waals surface area contributed by atoms with Gasteiger partial charge in [-0.05, 0) is 63.3 Å². The fraction of sp³-hybridized carbons (Fsp3) is 0.474. The van der Waals surface area contributed by atoms with Gasteiger partial charge in [0.1, 0.15) is 0 Å². The molecule has 0 fully saturated rings. The lowest BCUT2D eigenvalue weighted by Crippen LogP contribution is -2.27. The van der Waals surface area contributed by atoms with Crippen molar-refractivity contribution >= 4 is 22.8 Å². The minimum atomic E-state index is -0.291. The van der Waals surface area contributed by atoms with Crippen molar-refractivity contribution in [2.45, 2.75) is 52.1 Å². The van der Waals surface area contributed by atoms with Crippen molar-refractivity contribution in [1.29, 1.82) is 0 Å². The van der Waals surface area contributed by atoms with Gasteiger partial charge in [0.2, 0.25) is 0 Å². The highest BCUT2D eigenvalue weighted by Gasteiger charge is 2.17. The molecule has 1 amide bonds.